The molecule has 0 fully saturated rings. The molecule has 0 aliphatic rings. The summed E-state index contributed by atoms with van der Waals surface area (Å²) in [5, 5.41) is 2.95. The summed E-state index contributed by atoms with van der Waals surface area (Å²) in [5.41, 5.74) is 0. The minimum absolute atomic E-state index is 0.0654. The van der Waals surface area contributed by atoms with Crippen LogP contribution in [0.4, 0.5) is 4.39 Å². The molecule has 0 amide bonds. The number of hydrogen-bond acceptors (Lipinski definition) is 3. The van der Waals surface area contributed by atoms with E-state index in [-0.39, 0.29) is 6.04 Å². The van der Waals surface area contributed by atoms with Crippen molar-refractivity contribution in [3.63, 3.8) is 0 Å². The summed E-state index contributed by atoms with van der Waals surface area (Å²) in [7, 11) is 1.80. The summed E-state index contributed by atoms with van der Waals surface area (Å²) in [4.78, 5) is 7.60. The summed E-state index contributed by atoms with van der Waals surface area (Å²) >= 11 is 0. The zero-order chi connectivity index (χ0) is 8.27. The molecule has 0 saturated carbocycles. The number of halogens is 1. The van der Waals surface area contributed by atoms with Gasteiger partial charge in [-0.3, -0.25) is 0 Å². The van der Waals surface area contributed by atoms with Crippen LogP contribution in [0.3, 0.4) is 0 Å². The minimum Gasteiger partial charge on any atom is -0.311 e. The molecular formula is C7H10FN3. The molecule has 0 bridgehead atoms. The minimum atomic E-state index is -0.406. The van der Waals surface area contributed by atoms with Crippen LogP contribution < -0.4 is 5.32 Å². The molecule has 0 spiro atoms. The van der Waals surface area contributed by atoms with Crippen LogP contribution in [0.15, 0.2) is 12.4 Å². The maximum Gasteiger partial charge on any atom is 0.159 e. The Morgan fingerprint density at radius 3 is 2.45 bits per heavy atom. The van der Waals surface area contributed by atoms with Gasteiger partial charge in [0, 0.05) is 0 Å². The van der Waals surface area contributed by atoms with Gasteiger partial charge in [-0.1, -0.05) is 0 Å². The average molecular weight is 155 g/mol. The van der Waals surface area contributed by atoms with Crippen molar-refractivity contribution in [1.82, 2.24) is 15.3 Å². The second-order valence-corrected chi connectivity index (χ2v) is 2.27. The summed E-state index contributed by atoms with van der Waals surface area (Å²) < 4.78 is 12.3. The highest BCUT2D eigenvalue weighted by atomic mass is 19.1. The molecule has 1 N–H and O–H groups in total. The highest BCUT2D eigenvalue weighted by Gasteiger charge is 2.04. The standard InChI is InChI=1S/C7H10FN3/c1-5(9-2)7-10-3-6(8)4-11-7/h3-5,9H,1-2H3/t5-/m1/s1. The molecule has 11 heavy (non-hydrogen) atoms. The fourth-order valence-electron chi connectivity index (χ4n) is 0.675. The van der Waals surface area contributed by atoms with Crippen LogP contribution in [0.2, 0.25) is 0 Å². The number of hydrogen-bond donors (Lipinski definition) is 1. The predicted octanol–water partition coefficient (Wildman–Crippen LogP) is 0.896. The van der Waals surface area contributed by atoms with Gasteiger partial charge in [0.15, 0.2) is 5.82 Å². The van der Waals surface area contributed by atoms with E-state index >= 15 is 0 Å². The van der Waals surface area contributed by atoms with E-state index < -0.39 is 5.82 Å². The summed E-state index contributed by atoms with van der Waals surface area (Å²) in [6, 6.07) is 0.0654. The van der Waals surface area contributed by atoms with E-state index in [1.807, 2.05) is 6.92 Å². The fraction of sp³-hybridized carbons (Fsp3) is 0.429. The monoisotopic (exact) mass is 155 g/mol. The van der Waals surface area contributed by atoms with Crippen molar-refractivity contribution in [3.8, 4) is 0 Å². The van der Waals surface area contributed by atoms with E-state index in [0.29, 0.717) is 5.82 Å². The third-order valence-electron chi connectivity index (χ3n) is 1.46. The Bertz CT molecular complexity index is 222. The molecule has 1 aromatic heterocycles. The lowest BCUT2D eigenvalue weighted by atomic mass is 10.3. The van der Waals surface area contributed by atoms with Crippen molar-refractivity contribution in [2.45, 2.75) is 13.0 Å². The highest BCUT2D eigenvalue weighted by Crippen LogP contribution is 2.03. The van der Waals surface area contributed by atoms with Crippen molar-refractivity contribution < 1.29 is 4.39 Å². The molecule has 4 heteroatoms. The Morgan fingerprint density at radius 1 is 1.45 bits per heavy atom. The fourth-order valence-corrected chi connectivity index (χ4v) is 0.675. The van der Waals surface area contributed by atoms with Gasteiger partial charge in [-0.2, -0.15) is 0 Å². The first-order valence-electron chi connectivity index (χ1n) is 3.38. The lowest BCUT2D eigenvalue weighted by molar-refractivity contribution is 0.576. The smallest absolute Gasteiger partial charge is 0.159 e. The molecule has 3 nitrogen and oxygen atoms in total. The van der Waals surface area contributed by atoms with Gasteiger partial charge < -0.3 is 5.32 Å². The van der Waals surface area contributed by atoms with Gasteiger partial charge in [0.25, 0.3) is 0 Å². The molecule has 0 aliphatic heterocycles. The van der Waals surface area contributed by atoms with E-state index in [4.69, 9.17) is 0 Å². The van der Waals surface area contributed by atoms with Gasteiger partial charge >= 0.3 is 0 Å². The molecule has 1 aromatic rings. The number of nitrogens with zero attached hydrogens (tertiary/aromatic N) is 2. The third kappa shape index (κ3) is 1.94. The normalized spacial score (nSPS) is 13.0. The van der Waals surface area contributed by atoms with Crippen LogP contribution in [-0.2, 0) is 0 Å². The lowest BCUT2D eigenvalue weighted by Gasteiger charge is -2.06. The van der Waals surface area contributed by atoms with Crippen LogP contribution in [0, 0.1) is 5.82 Å². The third-order valence-corrected chi connectivity index (χ3v) is 1.46. The number of rotatable bonds is 2. The molecule has 0 aliphatic carbocycles. The Balaban J connectivity index is 2.81. The predicted molar refractivity (Wildman–Crippen MR) is 39.5 cm³/mol. The van der Waals surface area contributed by atoms with Gasteiger partial charge in [0.05, 0.1) is 18.4 Å². The lowest BCUT2D eigenvalue weighted by Crippen LogP contribution is -2.15. The first-order valence-corrected chi connectivity index (χ1v) is 3.38. The molecular weight excluding hydrogens is 145 g/mol. The Hall–Kier alpha value is -1.03. The molecule has 1 rings (SSSR count). The molecule has 0 aromatic carbocycles. The Morgan fingerprint density at radius 2 is 2.00 bits per heavy atom. The number of nitrogens with one attached hydrogen (secondary N) is 1. The van der Waals surface area contributed by atoms with E-state index in [0.717, 1.165) is 12.4 Å². The second kappa shape index (κ2) is 3.39. The second-order valence-electron chi connectivity index (χ2n) is 2.27. The summed E-state index contributed by atoms with van der Waals surface area (Å²) in [6.07, 6.45) is 2.33. The molecule has 60 valence electrons. The molecule has 0 radical (unpaired) electrons. The SMILES string of the molecule is CN[C@H](C)c1ncc(F)cn1. The van der Waals surface area contributed by atoms with E-state index in [1.54, 1.807) is 7.05 Å². The molecule has 1 atom stereocenters. The Labute approximate surface area is 64.7 Å². The number of aromatic nitrogens is 2. The summed E-state index contributed by atoms with van der Waals surface area (Å²) in [5.74, 6) is 0.200. The highest BCUT2D eigenvalue weighted by molar-refractivity contribution is 4.95. The molecule has 1 heterocycles. The maximum absolute atomic E-state index is 12.3. The van der Waals surface area contributed by atoms with Gasteiger partial charge in [0.2, 0.25) is 0 Å². The first kappa shape index (κ1) is 8.07. The first-order chi connectivity index (χ1) is 5.24. The largest absolute Gasteiger partial charge is 0.311 e. The van der Waals surface area contributed by atoms with Crippen LogP contribution >= 0.6 is 0 Å². The topological polar surface area (TPSA) is 37.8 Å². The van der Waals surface area contributed by atoms with Crippen molar-refractivity contribution in [2.75, 3.05) is 7.05 Å². The van der Waals surface area contributed by atoms with Gasteiger partial charge in [0.1, 0.15) is 5.82 Å². The van der Waals surface area contributed by atoms with Crippen molar-refractivity contribution in [3.05, 3.63) is 24.0 Å². The van der Waals surface area contributed by atoms with Crippen molar-refractivity contribution >= 4 is 0 Å². The molecule has 0 saturated heterocycles. The zero-order valence-electron chi connectivity index (χ0n) is 6.50. The zero-order valence-corrected chi connectivity index (χ0v) is 6.50. The maximum atomic E-state index is 12.3. The van der Waals surface area contributed by atoms with Crippen LogP contribution in [0.1, 0.15) is 18.8 Å². The van der Waals surface area contributed by atoms with Crippen LogP contribution in [0.25, 0.3) is 0 Å². The van der Waals surface area contributed by atoms with Crippen LogP contribution in [-0.4, -0.2) is 17.0 Å². The van der Waals surface area contributed by atoms with E-state index in [1.165, 1.54) is 0 Å². The van der Waals surface area contributed by atoms with Gasteiger partial charge in [-0.15, -0.1) is 0 Å². The van der Waals surface area contributed by atoms with Gasteiger partial charge in [-0.25, -0.2) is 14.4 Å². The van der Waals surface area contributed by atoms with Gasteiger partial charge in [-0.05, 0) is 14.0 Å². The average Bonchev–Trinajstić information content (AvgIpc) is 2.05. The quantitative estimate of drug-likeness (QED) is 0.689. The van der Waals surface area contributed by atoms with Crippen molar-refractivity contribution in [1.29, 1.82) is 0 Å². The van der Waals surface area contributed by atoms with Crippen LogP contribution in [0.5, 0.6) is 0 Å². The van der Waals surface area contributed by atoms with E-state index in [2.05, 4.69) is 15.3 Å². The molecule has 0 unspecified atom stereocenters. The Kier molecular flexibility index (Phi) is 2.48. The van der Waals surface area contributed by atoms with Crippen molar-refractivity contribution in [2.24, 2.45) is 0 Å². The summed E-state index contributed by atoms with van der Waals surface area (Å²) in [6.45, 7) is 1.91. The van der Waals surface area contributed by atoms with E-state index in [9.17, 15) is 4.39 Å².